The van der Waals surface area contributed by atoms with Crippen LogP contribution >= 0.6 is 0 Å². The van der Waals surface area contributed by atoms with Crippen LogP contribution in [0.25, 0.3) is 0 Å². The average molecular weight is 187 g/mol. The van der Waals surface area contributed by atoms with Gasteiger partial charge in [0, 0.05) is 0 Å². The minimum absolute atomic E-state index is 0.892. The normalized spacial score (nSPS) is 26.3. The topological polar surface area (TPSA) is 12.0 Å². The lowest BCUT2D eigenvalue weighted by atomic mass is 9.90. The second-order valence-corrected chi connectivity index (χ2v) is 3.65. The molecular weight excluding hydrogens is 158 g/mol. The van der Waals surface area contributed by atoms with Crippen molar-refractivity contribution in [3.8, 4) is 0 Å². The molecule has 13 heavy (non-hydrogen) atoms. The average Bonchev–Trinajstić information content (AvgIpc) is 2.15. The van der Waals surface area contributed by atoms with Gasteiger partial charge in [0.15, 0.2) is 0 Å². The van der Waals surface area contributed by atoms with Crippen molar-refractivity contribution in [3.05, 3.63) is 0 Å². The van der Waals surface area contributed by atoms with Gasteiger partial charge in [0.05, 0.1) is 0 Å². The zero-order valence-electron chi connectivity index (χ0n) is 10.5. The summed E-state index contributed by atoms with van der Waals surface area (Å²) >= 11 is 0. The molecule has 1 heterocycles. The van der Waals surface area contributed by atoms with Gasteiger partial charge in [0.25, 0.3) is 0 Å². The fourth-order valence-electron chi connectivity index (χ4n) is 1.15. The highest BCUT2D eigenvalue weighted by Gasteiger charge is 2.14. The maximum Gasteiger partial charge on any atom is -0.00206 e. The Hall–Kier alpha value is -0.0400. The molecule has 1 aliphatic rings. The first-order chi connectivity index (χ1) is 6.22. The van der Waals surface area contributed by atoms with Crippen molar-refractivity contribution in [2.75, 3.05) is 13.1 Å². The zero-order valence-corrected chi connectivity index (χ0v) is 10.5. The molecule has 0 spiro atoms. The molecular formula is C12H29N. The van der Waals surface area contributed by atoms with E-state index in [4.69, 9.17) is 0 Å². The Morgan fingerprint density at radius 3 is 1.77 bits per heavy atom. The van der Waals surface area contributed by atoms with Crippen LogP contribution in [0.1, 0.15) is 54.4 Å². The van der Waals surface area contributed by atoms with Crippen molar-refractivity contribution in [1.82, 2.24) is 5.32 Å². The van der Waals surface area contributed by atoms with Gasteiger partial charge in [-0.15, -0.1) is 0 Å². The van der Waals surface area contributed by atoms with Gasteiger partial charge in [0.2, 0.25) is 0 Å². The molecule has 0 bridgehead atoms. The molecule has 0 aliphatic carbocycles. The summed E-state index contributed by atoms with van der Waals surface area (Å²) in [7, 11) is 0. The molecule has 2 atom stereocenters. The molecule has 1 saturated heterocycles. The van der Waals surface area contributed by atoms with Crippen molar-refractivity contribution >= 4 is 0 Å². The smallest absolute Gasteiger partial charge is 0.00206 e. The van der Waals surface area contributed by atoms with E-state index in [1.807, 2.05) is 13.8 Å². The van der Waals surface area contributed by atoms with Gasteiger partial charge in [-0.3, -0.25) is 0 Å². The van der Waals surface area contributed by atoms with Gasteiger partial charge in [-0.1, -0.05) is 48.0 Å². The molecule has 1 aliphatic heterocycles. The Kier molecular flexibility index (Phi) is 14.2. The van der Waals surface area contributed by atoms with Crippen LogP contribution in [-0.2, 0) is 0 Å². The van der Waals surface area contributed by atoms with Crippen LogP contribution < -0.4 is 5.32 Å². The second kappa shape index (κ2) is 12.0. The van der Waals surface area contributed by atoms with Gasteiger partial charge in [-0.2, -0.15) is 0 Å². The highest BCUT2D eigenvalue weighted by Crippen LogP contribution is 2.16. The molecule has 1 rings (SSSR count). The van der Waals surface area contributed by atoms with Gasteiger partial charge in [0.1, 0.15) is 0 Å². The molecule has 2 unspecified atom stereocenters. The van der Waals surface area contributed by atoms with Crippen LogP contribution in [0.3, 0.4) is 0 Å². The summed E-state index contributed by atoms with van der Waals surface area (Å²) in [4.78, 5) is 0. The van der Waals surface area contributed by atoms with Crippen LogP contribution in [-0.4, -0.2) is 13.1 Å². The maximum atomic E-state index is 3.36. The van der Waals surface area contributed by atoms with Crippen molar-refractivity contribution in [3.63, 3.8) is 0 Å². The highest BCUT2D eigenvalue weighted by molar-refractivity contribution is 4.70. The molecule has 0 radical (unpaired) electrons. The van der Waals surface area contributed by atoms with Crippen LogP contribution in [0, 0.1) is 11.8 Å². The third-order valence-electron chi connectivity index (χ3n) is 2.21. The lowest BCUT2D eigenvalue weighted by Crippen LogP contribution is -2.33. The number of nitrogens with one attached hydrogen (secondary N) is 1. The summed E-state index contributed by atoms with van der Waals surface area (Å²) in [6.45, 7) is 15.4. The minimum Gasteiger partial charge on any atom is -0.316 e. The third kappa shape index (κ3) is 9.88. The van der Waals surface area contributed by atoms with Gasteiger partial charge < -0.3 is 5.32 Å². The predicted octanol–water partition coefficient (Wildman–Crippen LogP) is 3.69. The lowest BCUT2D eigenvalue weighted by Gasteiger charge is -2.25. The molecule has 82 valence electrons. The van der Waals surface area contributed by atoms with Crippen molar-refractivity contribution in [2.45, 2.75) is 54.4 Å². The summed E-state index contributed by atoms with van der Waals surface area (Å²) in [5.74, 6) is 1.83. The quantitative estimate of drug-likeness (QED) is 0.610. The SMILES string of the molecule is CC.CC1CCNCC1C.CCC. The second-order valence-electron chi connectivity index (χ2n) is 3.65. The van der Waals surface area contributed by atoms with Gasteiger partial charge >= 0.3 is 0 Å². The minimum atomic E-state index is 0.892. The van der Waals surface area contributed by atoms with E-state index in [1.165, 1.54) is 25.9 Å². The Balaban J connectivity index is 0. The van der Waals surface area contributed by atoms with E-state index in [-0.39, 0.29) is 0 Å². The van der Waals surface area contributed by atoms with Crippen LogP contribution in [0.15, 0.2) is 0 Å². The van der Waals surface area contributed by atoms with Crippen LogP contribution in [0.2, 0.25) is 0 Å². The Bertz CT molecular complexity index is 71.2. The van der Waals surface area contributed by atoms with E-state index in [9.17, 15) is 0 Å². The predicted molar refractivity (Wildman–Crippen MR) is 63.1 cm³/mol. The summed E-state index contributed by atoms with van der Waals surface area (Å²) in [6, 6.07) is 0. The summed E-state index contributed by atoms with van der Waals surface area (Å²) in [5, 5.41) is 3.36. The third-order valence-corrected chi connectivity index (χ3v) is 2.21. The first-order valence-corrected chi connectivity index (χ1v) is 5.93. The first-order valence-electron chi connectivity index (χ1n) is 5.93. The lowest BCUT2D eigenvalue weighted by molar-refractivity contribution is 0.295. The number of hydrogen-bond acceptors (Lipinski definition) is 1. The summed E-state index contributed by atoms with van der Waals surface area (Å²) in [5.41, 5.74) is 0. The molecule has 0 aromatic heterocycles. The van der Waals surface area contributed by atoms with E-state index >= 15 is 0 Å². The number of hydrogen-bond donors (Lipinski definition) is 1. The van der Waals surface area contributed by atoms with E-state index in [2.05, 4.69) is 33.0 Å². The van der Waals surface area contributed by atoms with E-state index in [1.54, 1.807) is 0 Å². The van der Waals surface area contributed by atoms with Crippen molar-refractivity contribution < 1.29 is 0 Å². The Morgan fingerprint density at radius 1 is 1.08 bits per heavy atom. The molecule has 0 aromatic rings. The number of rotatable bonds is 0. The standard InChI is InChI=1S/C7H15N.C3H8.C2H6/c1-6-3-4-8-5-7(6)2;1-3-2;1-2/h6-8H,3-5H2,1-2H3;3H2,1-2H3;1-2H3. The Labute approximate surface area is 85.3 Å². The van der Waals surface area contributed by atoms with Crippen molar-refractivity contribution in [2.24, 2.45) is 11.8 Å². The number of piperidine rings is 1. The van der Waals surface area contributed by atoms with E-state index in [0.717, 1.165) is 11.8 Å². The summed E-state index contributed by atoms with van der Waals surface area (Å²) < 4.78 is 0. The van der Waals surface area contributed by atoms with Gasteiger partial charge in [-0.05, 0) is 31.3 Å². The molecule has 1 heteroatoms. The highest BCUT2D eigenvalue weighted by atomic mass is 14.9. The molecule has 0 aromatic carbocycles. The van der Waals surface area contributed by atoms with E-state index < -0.39 is 0 Å². The summed E-state index contributed by atoms with van der Waals surface area (Å²) in [6.07, 6.45) is 2.61. The monoisotopic (exact) mass is 187 g/mol. The van der Waals surface area contributed by atoms with E-state index in [0.29, 0.717) is 0 Å². The molecule has 0 saturated carbocycles. The van der Waals surface area contributed by atoms with Gasteiger partial charge in [-0.25, -0.2) is 0 Å². The van der Waals surface area contributed by atoms with Crippen molar-refractivity contribution in [1.29, 1.82) is 0 Å². The largest absolute Gasteiger partial charge is 0.316 e. The molecule has 1 N–H and O–H groups in total. The molecule has 1 fully saturated rings. The maximum absolute atomic E-state index is 3.36. The zero-order chi connectivity index (χ0) is 10.7. The fraction of sp³-hybridized carbons (Fsp3) is 1.00. The molecule has 0 amide bonds. The van der Waals surface area contributed by atoms with Crippen LogP contribution in [0.4, 0.5) is 0 Å². The van der Waals surface area contributed by atoms with Crippen LogP contribution in [0.5, 0.6) is 0 Å². The molecule has 1 nitrogen and oxygen atoms in total. The fourth-order valence-corrected chi connectivity index (χ4v) is 1.15. The Morgan fingerprint density at radius 2 is 1.54 bits per heavy atom. The first kappa shape index (κ1) is 15.4.